The van der Waals surface area contributed by atoms with Crippen LogP contribution in [-0.2, 0) is 4.79 Å². The lowest BCUT2D eigenvalue weighted by Crippen LogP contribution is -2.24. The highest BCUT2D eigenvalue weighted by Gasteiger charge is 2.15. The van der Waals surface area contributed by atoms with Gasteiger partial charge >= 0.3 is 0 Å². The van der Waals surface area contributed by atoms with E-state index in [1.54, 1.807) is 42.5 Å². The Balaban J connectivity index is 1.57. The summed E-state index contributed by atoms with van der Waals surface area (Å²) >= 11 is 10.6. The Morgan fingerprint density at radius 1 is 1.09 bits per heavy atom. The van der Waals surface area contributed by atoms with Gasteiger partial charge in [-0.3, -0.25) is 14.2 Å². The smallest absolute Gasteiger partial charge is 0.266 e. The first-order chi connectivity index (χ1) is 15.9. The third kappa shape index (κ3) is 5.52. The summed E-state index contributed by atoms with van der Waals surface area (Å²) in [6, 6.07) is 21.7. The zero-order chi connectivity index (χ0) is 23.4. The lowest BCUT2D eigenvalue weighted by molar-refractivity contribution is -0.118. The molecule has 4 rings (SSSR count). The minimum atomic E-state index is -0.304. The number of fused-ring (bicyclic) bond motifs is 1. The van der Waals surface area contributed by atoms with Crippen molar-refractivity contribution in [3.05, 3.63) is 98.2 Å². The van der Waals surface area contributed by atoms with Crippen LogP contribution in [0.5, 0.6) is 0 Å². The topological polar surface area (TPSA) is 76.3 Å². The average Bonchev–Trinajstić information content (AvgIpc) is 2.82. The maximum atomic E-state index is 13.2. The molecule has 3 aromatic carbocycles. The van der Waals surface area contributed by atoms with E-state index in [2.05, 4.69) is 31.4 Å². The molecule has 1 N–H and O–H groups in total. The van der Waals surface area contributed by atoms with E-state index in [1.165, 1.54) is 4.57 Å². The van der Waals surface area contributed by atoms with Gasteiger partial charge in [0, 0.05) is 9.50 Å². The van der Waals surface area contributed by atoms with E-state index in [0.717, 1.165) is 21.8 Å². The summed E-state index contributed by atoms with van der Waals surface area (Å²) in [4.78, 5) is 30.3. The van der Waals surface area contributed by atoms with Crippen molar-refractivity contribution in [2.24, 2.45) is 5.10 Å². The van der Waals surface area contributed by atoms with Gasteiger partial charge < -0.3 is 0 Å². The molecule has 4 aromatic rings. The lowest BCUT2D eigenvalue weighted by Gasteiger charge is -2.13. The zero-order valence-corrected chi connectivity index (χ0v) is 20.6. The molecule has 0 unspecified atom stereocenters. The van der Waals surface area contributed by atoms with Gasteiger partial charge in [-0.05, 0) is 61.0 Å². The minimum absolute atomic E-state index is 0.0372. The molecule has 1 heterocycles. The highest BCUT2D eigenvalue weighted by atomic mass is 79.9. The van der Waals surface area contributed by atoms with Crippen LogP contribution in [0.15, 0.2) is 92.3 Å². The first kappa shape index (κ1) is 23.2. The van der Waals surface area contributed by atoms with E-state index >= 15 is 0 Å². The van der Waals surface area contributed by atoms with Crippen LogP contribution in [0.3, 0.4) is 0 Å². The van der Waals surface area contributed by atoms with Crippen molar-refractivity contribution in [1.29, 1.82) is 0 Å². The van der Waals surface area contributed by atoms with Crippen molar-refractivity contribution in [2.75, 3.05) is 5.75 Å². The van der Waals surface area contributed by atoms with Crippen molar-refractivity contribution < 1.29 is 4.79 Å². The van der Waals surface area contributed by atoms with Gasteiger partial charge in [-0.1, -0.05) is 63.6 Å². The predicted molar refractivity (Wildman–Crippen MR) is 138 cm³/mol. The van der Waals surface area contributed by atoms with Gasteiger partial charge in [0.25, 0.3) is 11.5 Å². The number of hydrogen-bond donors (Lipinski definition) is 1. The average molecular weight is 542 g/mol. The third-order valence-electron chi connectivity index (χ3n) is 4.77. The van der Waals surface area contributed by atoms with Crippen LogP contribution >= 0.6 is 39.3 Å². The van der Waals surface area contributed by atoms with Crippen LogP contribution in [0, 0.1) is 0 Å². The molecule has 9 heteroatoms. The van der Waals surface area contributed by atoms with Crippen molar-refractivity contribution in [3.63, 3.8) is 0 Å². The van der Waals surface area contributed by atoms with E-state index in [1.807, 2.05) is 37.3 Å². The number of carbonyl (C=O) groups is 1. The first-order valence-electron chi connectivity index (χ1n) is 9.92. The minimum Gasteiger partial charge on any atom is -0.272 e. The summed E-state index contributed by atoms with van der Waals surface area (Å²) in [5, 5.41) is 5.65. The number of rotatable bonds is 6. The van der Waals surface area contributed by atoms with E-state index < -0.39 is 0 Å². The number of thioether (sulfide) groups is 1. The van der Waals surface area contributed by atoms with E-state index in [0.29, 0.717) is 32.5 Å². The van der Waals surface area contributed by atoms with Crippen molar-refractivity contribution in [3.8, 4) is 5.69 Å². The fourth-order valence-electron chi connectivity index (χ4n) is 3.09. The monoisotopic (exact) mass is 540 g/mol. The zero-order valence-electron chi connectivity index (χ0n) is 17.5. The maximum Gasteiger partial charge on any atom is 0.266 e. The summed E-state index contributed by atoms with van der Waals surface area (Å²) in [5.74, 6) is -0.267. The second-order valence-corrected chi connectivity index (χ2v) is 9.35. The number of amides is 1. The quantitative estimate of drug-likeness (QED) is 0.153. The molecule has 0 aliphatic rings. The Kier molecular flexibility index (Phi) is 7.27. The largest absolute Gasteiger partial charge is 0.272 e. The van der Waals surface area contributed by atoms with E-state index in [9.17, 15) is 9.59 Å². The normalized spacial score (nSPS) is 11.5. The molecular weight excluding hydrogens is 524 g/mol. The molecule has 33 heavy (non-hydrogen) atoms. The SMILES string of the molecule is C/C(=N/NC(=O)CSc1nc2ccccc2c(=O)n1-c1ccc(Cl)cc1)c1ccc(Br)cc1. The van der Waals surface area contributed by atoms with Crippen LogP contribution < -0.4 is 11.0 Å². The molecule has 0 bridgehead atoms. The Bertz CT molecular complexity index is 1400. The molecule has 0 saturated carbocycles. The Morgan fingerprint density at radius 2 is 1.79 bits per heavy atom. The molecule has 6 nitrogen and oxygen atoms in total. The molecule has 0 radical (unpaired) electrons. The number of benzene rings is 3. The van der Waals surface area contributed by atoms with Gasteiger partial charge in [-0.15, -0.1) is 0 Å². The summed E-state index contributed by atoms with van der Waals surface area (Å²) in [6.07, 6.45) is 0. The molecule has 166 valence electrons. The highest BCUT2D eigenvalue weighted by Crippen LogP contribution is 2.22. The highest BCUT2D eigenvalue weighted by molar-refractivity contribution is 9.10. The number of para-hydroxylation sites is 1. The lowest BCUT2D eigenvalue weighted by atomic mass is 10.1. The maximum absolute atomic E-state index is 13.2. The van der Waals surface area contributed by atoms with Crippen LogP contribution in [0.25, 0.3) is 16.6 Å². The fourth-order valence-corrected chi connectivity index (χ4v) is 4.29. The Morgan fingerprint density at radius 3 is 2.52 bits per heavy atom. The molecule has 0 atom stereocenters. The van der Waals surface area contributed by atoms with Crippen molar-refractivity contribution >= 4 is 61.8 Å². The molecule has 0 aliphatic carbocycles. The van der Waals surface area contributed by atoms with Gasteiger partial charge in [-0.25, -0.2) is 10.4 Å². The number of hydrogen-bond acceptors (Lipinski definition) is 5. The summed E-state index contributed by atoms with van der Waals surface area (Å²) in [7, 11) is 0. The van der Waals surface area contributed by atoms with Crippen molar-refractivity contribution in [1.82, 2.24) is 15.0 Å². The Hall–Kier alpha value is -2.94. The molecule has 1 aromatic heterocycles. The van der Waals surface area contributed by atoms with Gasteiger partial charge in [-0.2, -0.15) is 5.10 Å². The second-order valence-electron chi connectivity index (χ2n) is 7.06. The molecule has 0 spiro atoms. The summed E-state index contributed by atoms with van der Waals surface area (Å²) in [5.41, 5.74) is 5.13. The molecule has 0 saturated heterocycles. The van der Waals surface area contributed by atoms with Gasteiger partial charge in [0.15, 0.2) is 5.16 Å². The van der Waals surface area contributed by atoms with Crippen LogP contribution in [-0.4, -0.2) is 26.9 Å². The first-order valence-corrected chi connectivity index (χ1v) is 12.1. The molecular formula is C24H18BrClN4O2S. The number of aromatic nitrogens is 2. The Labute approximate surface area is 207 Å². The standard InChI is InChI=1S/C24H18BrClN4O2S/c1-15(16-6-8-17(25)9-7-16)28-29-22(31)14-33-24-27-21-5-3-2-4-20(21)23(32)30(24)19-12-10-18(26)11-13-19/h2-13H,14H2,1H3,(H,29,31)/b28-15-. The number of nitrogens with one attached hydrogen (secondary N) is 1. The summed E-state index contributed by atoms with van der Waals surface area (Å²) < 4.78 is 2.46. The predicted octanol–water partition coefficient (Wildman–Crippen LogP) is 5.43. The van der Waals surface area contributed by atoms with Gasteiger partial charge in [0.1, 0.15) is 0 Å². The van der Waals surface area contributed by atoms with Crippen LogP contribution in [0.2, 0.25) is 5.02 Å². The van der Waals surface area contributed by atoms with Gasteiger partial charge in [0.05, 0.1) is 28.1 Å². The molecule has 1 amide bonds. The molecule has 0 fully saturated rings. The van der Waals surface area contributed by atoms with Crippen LogP contribution in [0.4, 0.5) is 0 Å². The number of hydrazone groups is 1. The second kappa shape index (κ2) is 10.3. The van der Waals surface area contributed by atoms with Gasteiger partial charge in [0.2, 0.25) is 0 Å². The van der Waals surface area contributed by atoms with E-state index in [4.69, 9.17) is 11.6 Å². The van der Waals surface area contributed by atoms with E-state index in [-0.39, 0.29) is 17.2 Å². The number of nitrogens with zero attached hydrogens (tertiary/aromatic N) is 3. The number of halogens is 2. The summed E-state index contributed by atoms with van der Waals surface area (Å²) in [6.45, 7) is 1.82. The fraction of sp³-hybridized carbons (Fsp3) is 0.0833. The number of carbonyl (C=O) groups excluding carboxylic acids is 1. The third-order valence-corrected chi connectivity index (χ3v) is 6.49. The van der Waals surface area contributed by atoms with Crippen LogP contribution in [0.1, 0.15) is 12.5 Å². The van der Waals surface area contributed by atoms with Crippen molar-refractivity contribution in [2.45, 2.75) is 12.1 Å². The molecule has 0 aliphatic heterocycles.